The van der Waals surface area contributed by atoms with Gasteiger partial charge in [-0.05, 0) is 43.9 Å². The van der Waals surface area contributed by atoms with Gasteiger partial charge in [-0.3, -0.25) is 9.59 Å². The Labute approximate surface area is 192 Å². The quantitative estimate of drug-likeness (QED) is 0.622. The minimum absolute atomic E-state index is 0.131. The lowest BCUT2D eigenvalue weighted by Crippen LogP contribution is -2.40. The maximum Gasteiger partial charge on any atom is 0.290 e. The Balaban J connectivity index is 1.49. The number of hydrogen-bond donors (Lipinski definition) is 1. The van der Waals surface area contributed by atoms with Crippen molar-refractivity contribution >= 4 is 11.8 Å². The summed E-state index contributed by atoms with van der Waals surface area (Å²) in [5.74, 6) is 1.31. The van der Waals surface area contributed by atoms with E-state index in [0.717, 1.165) is 30.6 Å². The van der Waals surface area contributed by atoms with Gasteiger partial charge in [-0.1, -0.05) is 12.1 Å². The van der Waals surface area contributed by atoms with Crippen molar-refractivity contribution in [1.29, 1.82) is 0 Å². The van der Waals surface area contributed by atoms with Crippen LogP contribution in [0.4, 0.5) is 0 Å². The molecule has 0 saturated carbocycles. The molecule has 2 aromatic heterocycles. The standard InChI is InChI=1S/C24H28N6O3/c1-16-19(23(31)27-14-17-7-6-8-18(13-17)33-3)15-26-21(28-16)20-9-4-5-11-30(20)24(32)22-25-10-12-29(22)2/h6-8,10,12-13,15,20H,4-5,9,11,14H2,1-3H3,(H,27,31)/t20-/m1/s1. The molecule has 1 atom stereocenters. The van der Waals surface area contributed by atoms with Gasteiger partial charge in [0.15, 0.2) is 11.6 Å². The van der Waals surface area contributed by atoms with Gasteiger partial charge in [-0.25, -0.2) is 15.0 Å². The molecule has 9 nitrogen and oxygen atoms in total. The maximum absolute atomic E-state index is 13.1. The highest BCUT2D eigenvalue weighted by Crippen LogP contribution is 2.30. The van der Waals surface area contributed by atoms with E-state index < -0.39 is 0 Å². The van der Waals surface area contributed by atoms with Crippen LogP contribution >= 0.6 is 0 Å². The van der Waals surface area contributed by atoms with Gasteiger partial charge in [0, 0.05) is 38.7 Å². The molecule has 9 heteroatoms. The lowest BCUT2D eigenvalue weighted by atomic mass is 10.0. The van der Waals surface area contributed by atoms with Crippen molar-refractivity contribution in [3.63, 3.8) is 0 Å². The molecule has 1 aliphatic heterocycles. The number of amides is 2. The molecule has 2 amide bonds. The average Bonchev–Trinajstić information content (AvgIpc) is 3.28. The van der Waals surface area contributed by atoms with Crippen LogP contribution in [-0.4, -0.2) is 49.9 Å². The number of methoxy groups -OCH3 is 1. The second-order valence-electron chi connectivity index (χ2n) is 8.13. The van der Waals surface area contributed by atoms with Crippen LogP contribution < -0.4 is 10.1 Å². The predicted octanol–water partition coefficient (Wildman–Crippen LogP) is 2.82. The summed E-state index contributed by atoms with van der Waals surface area (Å²) in [6.07, 6.45) is 7.61. The number of nitrogens with zero attached hydrogens (tertiary/aromatic N) is 5. The number of carbonyl (C=O) groups is 2. The molecule has 0 radical (unpaired) electrons. The predicted molar refractivity (Wildman–Crippen MR) is 122 cm³/mol. The van der Waals surface area contributed by atoms with Gasteiger partial charge in [-0.2, -0.15) is 0 Å². The number of aryl methyl sites for hydroxylation is 2. The minimum atomic E-state index is -0.244. The van der Waals surface area contributed by atoms with E-state index in [2.05, 4.69) is 20.3 Å². The Morgan fingerprint density at radius 3 is 2.82 bits per heavy atom. The van der Waals surface area contributed by atoms with Gasteiger partial charge in [0.2, 0.25) is 0 Å². The summed E-state index contributed by atoms with van der Waals surface area (Å²) in [4.78, 5) is 41.0. The minimum Gasteiger partial charge on any atom is -0.497 e. The van der Waals surface area contributed by atoms with Crippen LogP contribution in [0.3, 0.4) is 0 Å². The summed E-state index contributed by atoms with van der Waals surface area (Å²) in [5, 5.41) is 2.91. The van der Waals surface area contributed by atoms with Crippen molar-refractivity contribution in [1.82, 2.24) is 29.7 Å². The first kappa shape index (κ1) is 22.4. The summed E-state index contributed by atoms with van der Waals surface area (Å²) in [6.45, 7) is 2.78. The normalized spacial score (nSPS) is 15.8. The molecule has 1 aromatic carbocycles. The number of hydrogen-bond acceptors (Lipinski definition) is 6. The Kier molecular flexibility index (Phi) is 6.67. The molecule has 1 saturated heterocycles. The van der Waals surface area contributed by atoms with E-state index in [-0.39, 0.29) is 17.9 Å². The highest BCUT2D eigenvalue weighted by atomic mass is 16.5. The van der Waals surface area contributed by atoms with E-state index in [1.54, 1.807) is 49.1 Å². The number of imidazole rings is 1. The number of ether oxygens (including phenoxy) is 1. The fourth-order valence-corrected chi connectivity index (χ4v) is 4.07. The van der Waals surface area contributed by atoms with Gasteiger partial charge < -0.3 is 19.5 Å². The van der Waals surface area contributed by atoms with E-state index in [4.69, 9.17) is 4.74 Å². The van der Waals surface area contributed by atoms with Crippen LogP contribution in [0.2, 0.25) is 0 Å². The summed E-state index contributed by atoms with van der Waals surface area (Å²) >= 11 is 0. The maximum atomic E-state index is 13.1. The molecular weight excluding hydrogens is 420 g/mol. The van der Waals surface area contributed by atoms with E-state index in [1.807, 2.05) is 24.3 Å². The molecule has 1 fully saturated rings. The lowest BCUT2D eigenvalue weighted by molar-refractivity contribution is 0.0582. The van der Waals surface area contributed by atoms with E-state index in [1.165, 1.54) is 0 Å². The number of piperidine rings is 1. The number of carbonyl (C=O) groups excluding carboxylic acids is 2. The summed E-state index contributed by atoms with van der Waals surface area (Å²) in [7, 11) is 3.41. The molecule has 3 aromatic rings. The summed E-state index contributed by atoms with van der Waals surface area (Å²) in [5.41, 5.74) is 1.93. The van der Waals surface area contributed by atoms with Crippen molar-refractivity contribution in [3.05, 3.63) is 71.3 Å². The average molecular weight is 449 g/mol. The van der Waals surface area contributed by atoms with E-state index in [9.17, 15) is 9.59 Å². The van der Waals surface area contributed by atoms with E-state index >= 15 is 0 Å². The van der Waals surface area contributed by atoms with Crippen molar-refractivity contribution in [2.45, 2.75) is 38.8 Å². The molecule has 4 rings (SSSR count). The Morgan fingerprint density at radius 2 is 2.09 bits per heavy atom. The van der Waals surface area contributed by atoms with Gasteiger partial charge in [0.1, 0.15) is 5.75 Å². The molecule has 33 heavy (non-hydrogen) atoms. The van der Waals surface area contributed by atoms with Crippen molar-refractivity contribution in [2.24, 2.45) is 7.05 Å². The third-order valence-electron chi connectivity index (χ3n) is 5.90. The first-order chi connectivity index (χ1) is 16.0. The largest absolute Gasteiger partial charge is 0.497 e. The highest BCUT2D eigenvalue weighted by molar-refractivity contribution is 5.95. The molecule has 0 bridgehead atoms. The first-order valence-corrected chi connectivity index (χ1v) is 11.0. The number of rotatable bonds is 6. The molecule has 1 aliphatic rings. The van der Waals surface area contributed by atoms with Crippen LogP contribution in [-0.2, 0) is 13.6 Å². The summed E-state index contributed by atoms with van der Waals surface area (Å²) < 4.78 is 6.94. The van der Waals surface area contributed by atoms with Crippen molar-refractivity contribution in [2.75, 3.05) is 13.7 Å². The molecule has 0 unspecified atom stereocenters. The van der Waals surface area contributed by atoms with Crippen LogP contribution in [0.5, 0.6) is 5.75 Å². The molecular formula is C24H28N6O3. The monoisotopic (exact) mass is 448 g/mol. The number of benzene rings is 1. The Bertz CT molecular complexity index is 1160. The number of likely N-dealkylation sites (tertiary alicyclic amines) is 1. The highest BCUT2D eigenvalue weighted by Gasteiger charge is 2.32. The zero-order valence-electron chi connectivity index (χ0n) is 19.1. The molecule has 0 spiro atoms. The lowest BCUT2D eigenvalue weighted by Gasteiger charge is -2.34. The van der Waals surface area contributed by atoms with Crippen molar-refractivity contribution < 1.29 is 14.3 Å². The SMILES string of the molecule is COc1cccc(CNC(=O)c2cnc([C@H]3CCCCN3C(=O)c3nccn3C)nc2C)c1. The second kappa shape index (κ2) is 9.81. The summed E-state index contributed by atoms with van der Waals surface area (Å²) in [6, 6.07) is 7.30. The van der Waals surface area contributed by atoms with Crippen LogP contribution in [0.15, 0.2) is 42.9 Å². The number of aromatic nitrogens is 4. The van der Waals surface area contributed by atoms with E-state index in [0.29, 0.717) is 36.0 Å². The van der Waals surface area contributed by atoms with Crippen LogP contribution in [0, 0.1) is 6.92 Å². The molecule has 172 valence electrons. The van der Waals surface area contributed by atoms with Gasteiger partial charge in [-0.15, -0.1) is 0 Å². The first-order valence-electron chi connectivity index (χ1n) is 11.0. The molecule has 1 N–H and O–H groups in total. The Morgan fingerprint density at radius 1 is 1.24 bits per heavy atom. The van der Waals surface area contributed by atoms with Gasteiger partial charge in [0.25, 0.3) is 11.8 Å². The van der Waals surface area contributed by atoms with Crippen LogP contribution in [0.25, 0.3) is 0 Å². The van der Waals surface area contributed by atoms with Crippen molar-refractivity contribution in [3.8, 4) is 5.75 Å². The van der Waals surface area contributed by atoms with Gasteiger partial charge in [0.05, 0.1) is 24.4 Å². The van der Waals surface area contributed by atoms with Crippen LogP contribution in [0.1, 0.15) is 63.4 Å². The smallest absolute Gasteiger partial charge is 0.290 e. The fourth-order valence-electron chi connectivity index (χ4n) is 4.07. The fraction of sp³-hybridized carbons (Fsp3) is 0.375. The molecule has 3 heterocycles. The second-order valence-corrected chi connectivity index (χ2v) is 8.13. The zero-order valence-corrected chi connectivity index (χ0v) is 19.1. The topological polar surface area (TPSA) is 102 Å². The van der Waals surface area contributed by atoms with Gasteiger partial charge >= 0.3 is 0 Å². The zero-order chi connectivity index (χ0) is 23.4. The third kappa shape index (κ3) is 4.87. The molecule has 0 aliphatic carbocycles. The third-order valence-corrected chi connectivity index (χ3v) is 5.90. The Hall–Kier alpha value is -3.75. The number of nitrogens with one attached hydrogen (secondary N) is 1.